The lowest BCUT2D eigenvalue weighted by Gasteiger charge is -2.25. The minimum atomic E-state index is -0.470. The number of aryl methyl sites for hydroxylation is 1. The fourth-order valence-electron chi connectivity index (χ4n) is 2.53. The molecule has 22 heavy (non-hydrogen) atoms. The Balaban J connectivity index is 1.65. The number of rotatable bonds is 3. The highest BCUT2D eigenvalue weighted by atomic mass is 32.1. The zero-order valence-corrected chi connectivity index (χ0v) is 13.6. The van der Waals surface area contributed by atoms with E-state index in [-0.39, 0.29) is 0 Å². The quantitative estimate of drug-likeness (QED) is 0.944. The maximum Gasteiger partial charge on any atom is 0.413 e. The molecular formula is C16H19N3O2S. The molecule has 1 aromatic carbocycles. The Bertz CT molecular complexity index is 667. The van der Waals surface area contributed by atoms with Crippen molar-refractivity contribution >= 4 is 22.6 Å². The molecule has 3 rings (SSSR count). The molecule has 1 aliphatic heterocycles. The van der Waals surface area contributed by atoms with Crippen LogP contribution in [0.4, 0.5) is 9.93 Å². The van der Waals surface area contributed by atoms with Crippen LogP contribution < -0.4 is 5.32 Å². The van der Waals surface area contributed by atoms with Gasteiger partial charge in [-0.25, -0.2) is 9.78 Å². The van der Waals surface area contributed by atoms with Crippen molar-refractivity contribution < 1.29 is 9.53 Å². The number of nitrogens with one attached hydrogen (secondary N) is 1. The van der Waals surface area contributed by atoms with Gasteiger partial charge in [-0.1, -0.05) is 41.2 Å². The van der Waals surface area contributed by atoms with E-state index in [1.165, 1.54) is 34.5 Å². The van der Waals surface area contributed by atoms with Crippen molar-refractivity contribution in [2.24, 2.45) is 0 Å². The van der Waals surface area contributed by atoms with Crippen LogP contribution in [0.25, 0.3) is 0 Å². The second kappa shape index (κ2) is 6.46. The molecule has 5 nitrogen and oxygen atoms in total. The standard InChI is InChI=1S/C16H19N3O2S/c1-11-3-5-12(6-4-11)9-19-8-7-13-14(10-19)22-15(17-13)18-16(20)21-2/h3-6H,7-10H2,1-2H3,(H,17,18,20). The molecule has 0 unspecified atom stereocenters. The topological polar surface area (TPSA) is 54.5 Å². The molecule has 0 aliphatic carbocycles. The summed E-state index contributed by atoms with van der Waals surface area (Å²) >= 11 is 1.53. The zero-order valence-electron chi connectivity index (χ0n) is 12.8. The van der Waals surface area contributed by atoms with Crippen LogP contribution in [-0.2, 0) is 24.2 Å². The van der Waals surface area contributed by atoms with Crippen molar-refractivity contribution in [3.63, 3.8) is 0 Å². The molecule has 1 aliphatic rings. The summed E-state index contributed by atoms with van der Waals surface area (Å²) in [6.07, 6.45) is 0.447. The summed E-state index contributed by atoms with van der Waals surface area (Å²) in [6.45, 7) is 4.91. The summed E-state index contributed by atoms with van der Waals surface area (Å²) in [5.41, 5.74) is 3.70. The number of amides is 1. The summed E-state index contributed by atoms with van der Waals surface area (Å²) in [7, 11) is 1.35. The number of benzene rings is 1. The summed E-state index contributed by atoms with van der Waals surface area (Å²) < 4.78 is 4.60. The molecule has 0 atom stereocenters. The van der Waals surface area contributed by atoms with E-state index in [0.29, 0.717) is 5.13 Å². The third-order valence-corrected chi connectivity index (χ3v) is 4.73. The Morgan fingerprint density at radius 1 is 1.41 bits per heavy atom. The monoisotopic (exact) mass is 317 g/mol. The van der Waals surface area contributed by atoms with Crippen molar-refractivity contribution in [1.29, 1.82) is 0 Å². The van der Waals surface area contributed by atoms with Crippen LogP contribution in [0.15, 0.2) is 24.3 Å². The fraction of sp³-hybridized carbons (Fsp3) is 0.375. The van der Waals surface area contributed by atoms with Gasteiger partial charge in [0.05, 0.1) is 12.8 Å². The van der Waals surface area contributed by atoms with Crippen LogP contribution in [0.2, 0.25) is 0 Å². The van der Waals surface area contributed by atoms with E-state index in [1.807, 2.05) is 0 Å². The van der Waals surface area contributed by atoms with Crippen LogP contribution in [-0.4, -0.2) is 29.6 Å². The highest BCUT2D eigenvalue weighted by Gasteiger charge is 2.21. The van der Waals surface area contributed by atoms with Gasteiger partial charge in [-0.3, -0.25) is 10.2 Å². The first-order valence-corrected chi connectivity index (χ1v) is 8.07. The molecule has 0 fully saturated rings. The second-order valence-electron chi connectivity index (χ2n) is 5.45. The average molecular weight is 317 g/mol. The second-order valence-corrected chi connectivity index (χ2v) is 6.54. The smallest absolute Gasteiger partial charge is 0.413 e. The number of hydrogen-bond donors (Lipinski definition) is 1. The van der Waals surface area contributed by atoms with Gasteiger partial charge in [0.1, 0.15) is 0 Å². The average Bonchev–Trinajstić information content (AvgIpc) is 2.91. The largest absolute Gasteiger partial charge is 0.453 e. The Morgan fingerprint density at radius 2 is 2.18 bits per heavy atom. The third kappa shape index (κ3) is 3.45. The van der Waals surface area contributed by atoms with Crippen molar-refractivity contribution in [1.82, 2.24) is 9.88 Å². The lowest BCUT2D eigenvalue weighted by molar-refractivity contribution is 0.187. The van der Waals surface area contributed by atoms with Crippen LogP contribution in [0, 0.1) is 6.92 Å². The van der Waals surface area contributed by atoms with Crippen molar-refractivity contribution in [3.05, 3.63) is 46.0 Å². The van der Waals surface area contributed by atoms with Gasteiger partial charge in [-0.05, 0) is 12.5 Å². The molecule has 2 aromatic rings. The molecule has 0 saturated carbocycles. The number of carbonyl (C=O) groups excluding carboxylic acids is 1. The molecular weight excluding hydrogens is 298 g/mol. The molecule has 2 heterocycles. The summed E-state index contributed by atoms with van der Waals surface area (Å²) in [5, 5.41) is 3.27. The minimum Gasteiger partial charge on any atom is -0.453 e. The van der Waals surface area contributed by atoms with E-state index in [9.17, 15) is 4.79 Å². The van der Waals surface area contributed by atoms with Crippen molar-refractivity contribution in [2.75, 3.05) is 19.0 Å². The van der Waals surface area contributed by atoms with E-state index >= 15 is 0 Å². The molecule has 0 radical (unpaired) electrons. The van der Waals surface area contributed by atoms with E-state index in [1.54, 1.807) is 0 Å². The first-order chi connectivity index (χ1) is 10.6. The summed E-state index contributed by atoms with van der Waals surface area (Å²) in [4.78, 5) is 19.4. The van der Waals surface area contributed by atoms with Gasteiger partial charge >= 0.3 is 6.09 Å². The number of carbonyl (C=O) groups is 1. The van der Waals surface area contributed by atoms with Crippen molar-refractivity contribution in [3.8, 4) is 0 Å². The van der Waals surface area contributed by atoms with Gasteiger partial charge in [0, 0.05) is 30.9 Å². The maximum absolute atomic E-state index is 11.2. The van der Waals surface area contributed by atoms with E-state index in [2.05, 4.69) is 51.1 Å². The lowest BCUT2D eigenvalue weighted by Crippen LogP contribution is -2.29. The third-order valence-electron chi connectivity index (χ3n) is 3.73. The lowest BCUT2D eigenvalue weighted by atomic mass is 10.1. The Hall–Kier alpha value is -1.92. The maximum atomic E-state index is 11.2. The minimum absolute atomic E-state index is 0.470. The molecule has 0 spiro atoms. The Morgan fingerprint density at radius 3 is 2.91 bits per heavy atom. The number of thiazole rings is 1. The van der Waals surface area contributed by atoms with Gasteiger partial charge in [0.2, 0.25) is 0 Å². The van der Waals surface area contributed by atoms with Gasteiger partial charge in [0.15, 0.2) is 5.13 Å². The first-order valence-electron chi connectivity index (χ1n) is 7.25. The molecule has 116 valence electrons. The highest BCUT2D eigenvalue weighted by molar-refractivity contribution is 7.15. The van der Waals surface area contributed by atoms with Gasteiger partial charge in [-0.15, -0.1) is 0 Å². The molecule has 0 bridgehead atoms. The predicted octanol–water partition coefficient (Wildman–Crippen LogP) is 3.19. The van der Waals surface area contributed by atoms with Crippen LogP contribution in [0.5, 0.6) is 0 Å². The molecule has 0 saturated heterocycles. The number of methoxy groups -OCH3 is 1. The fourth-order valence-corrected chi connectivity index (χ4v) is 3.56. The summed E-state index contributed by atoms with van der Waals surface area (Å²) in [6, 6.07) is 8.66. The molecule has 1 amide bonds. The highest BCUT2D eigenvalue weighted by Crippen LogP contribution is 2.29. The summed E-state index contributed by atoms with van der Waals surface area (Å²) in [5.74, 6) is 0. The SMILES string of the molecule is COC(=O)Nc1nc2c(s1)CN(Cc1ccc(C)cc1)CC2. The Kier molecular flexibility index (Phi) is 4.40. The first kappa shape index (κ1) is 15.0. The zero-order chi connectivity index (χ0) is 15.5. The van der Waals surface area contributed by atoms with Crippen molar-refractivity contribution in [2.45, 2.75) is 26.4 Å². The Labute approximate surface area is 133 Å². The number of aromatic nitrogens is 1. The van der Waals surface area contributed by atoms with Gasteiger partial charge in [-0.2, -0.15) is 0 Å². The van der Waals surface area contributed by atoms with E-state index in [0.717, 1.165) is 31.7 Å². The van der Waals surface area contributed by atoms with Crippen LogP contribution in [0.1, 0.15) is 21.7 Å². The molecule has 1 aromatic heterocycles. The number of anilines is 1. The normalized spacial score (nSPS) is 14.5. The van der Waals surface area contributed by atoms with E-state index in [4.69, 9.17) is 0 Å². The molecule has 1 N–H and O–H groups in total. The number of fused-ring (bicyclic) bond motifs is 1. The number of ether oxygens (including phenoxy) is 1. The predicted molar refractivity (Wildman–Crippen MR) is 87.1 cm³/mol. The molecule has 6 heteroatoms. The van der Waals surface area contributed by atoms with E-state index < -0.39 is 6.09 Å². The number of nitrogens with zero attached hydrogens (tertiary/aromatic N) is 2. The van der Waals surface area contributed by atoms with Gasteiger partial charge in [0.25, 0.3) is 0 Å². The van der Waals surface area contributed by atoms with Gasteiger partial charge < -0.3 is 4.74 Å². The van der Waals surface area contributed by atoms with Crippen LogP contribution in [0.3, 0.4) is 0 Å². The number of hydrogen-bond acceptors (Lipinski definition) is 5. The van der Waals surface area contributed by atoms with Crippen LogP contribution >= 0.6 is 11.3 Å².